The Labute approximate surface area is 66.7 Å². The number of carbonyl (C=O) groups excluding carboxylic acids is 2. The lowest BCUT2D eigenvalue weighted by Gasteiger charge is -2.08. The molecule has 1 unspecified atom stereocenters. The van der Waals surface area contributed by atoms with Crippen molar-refractivity contribution >= 4 is 23.7 Å². The molecule has 3 amide bonds. The molecule has 2 aliphatic rings. The van der Waals surface area contributed by atoms with E-state index in [1.807, 2.05) is 0 Å². The number of hydrogen-bond donors (Lipinski definition) is 3. The maximum atomic E-state index is 11.0. The van der Waals surface area contributed by atoms with E-state index in [0.717, 1.165) is 0 Å². The number of nitrogens with one attached hydrogen (secondary N) is 2. The molecule has 7 nitrogen and oxygen atoms in total. The van der Waals surface area contributed by atoms with Crippen molar-refractivity contribution in [1.82, 2.24) is 10.6 Å². The number of aliphatic imine (C=N–C) groups is 2. The Hall–Kier alpha value is -1.92. The van der Waals surface area contributed by atoms with E-state index >= 15 is 0 Å². The van der Waals surface area contributed by atoms with E-state index in [2.05, 4.69) is 20.6 Å². The smallest absolute Gasteiger partial charge is 0.321 e. The highest BCUT2D eigenvalue weighted by Gasteiger charge is 2.36. The van der Waals surface area contributed by atoms with Crippen LogP contribution in [0.5, 0.6) is 0 Å². The SMILES string of the molecule is NC1=NC(=O)C2NC(=O)NC2=N1. The van der Waals surface area contributed by atoms with E-state index in [1.54, 1.807) is 0 Å². The summed E-state index contributed by atoms with van der Waals surface area (Å²) in [5.74, 6) is -0.413. The van der Waals surface area contributed by atoms with E-state index in [-0.39, 0.29) is 11.8 Å². The van der Waals surface area contributed by atoms with Crippen LogP contribution in [0.15, 0.2) is 9.98 Å². The molecular formula is C5H5N5O2. The van der Waals surface area contributed by atoms with Crippen LogP contribution in [0.2, 0.25) is 0 Å². The first kappa shape index (κ1) is 6.77. The first-order chi connectivity index (χ1) is 5.66. The van der Waals surface area contributed by atoms with Crippen LogP contribution in [0.1, 0.15) is 0 Å². The summed E-state index contributed by atoms with van der Waals surface area (Å²) < 4.78 is 0. The van der Waals surface area contributed by atoms with Crippen molar-refractivity contribution in [2.45, 2.75) is 6.04 Å². The van der Waals surface area contributed by atoms with Crippen molar-refractivity contribution in [2.24, 2.45) is 15.7 Å². The molecule has 0 aliphatic carbocycles. The molecule has 0 bridgehead atoms. The zero-order chi connectivity index (χ0) is 8.72. The summed E-state index contributed by atoms with van der Waals surface area (Å²) in [5, 5.41) is 4.67. The van der Waals surface area contributed by atoms with Crippen LogP contribution in [0, 0.1) is 0 Å². The fourth-order valence-electron chi connectivity index (χ4n) is 1.02. The molecule has 0 aromatic heterocycles. The topological polar surface area (TPSA) is 109 Å². The molecule has 1 fully saturated rings. The van der Waals surface area contributed by atoms with Gasteiger partial charge in [-0.3, -0.25) is 10.1 Å². The second-order valence-electron chi connectivity index (χ2n) is 2.34. The zero-order valence-corrected chi connectivity index (χ0v) is 5.87. The Balaban J connectivity index is 2.38. The number of urea groups is 1. The fraction of sp³-hybridized carbons (Fsp3) is 0.200. The molecule has 0 spiro atoms. The molecule has 7 heteroatoms. The van der Waals surface area contributed by atoms with Crippen molar-refractivity contribution in [3.8, 4) is 0 Å². The van der Waals surface area contributed by atoms with Crippen molar-refractivity contribution in [1.29, 1.82) is 0 Å². The predicted molar refractivity (Wildman–Crippen MR) is 39.5 cm³/mol. The van der Waals surface area contributed by atoms with Crippen LogP contribution in [-0.4, -0.2) is 29.8 Å². The standard InChI is InChI=1S/C5H5N5O2/c6-4-8-2-1(3(11)10-4)7-5(12)9-2/h1H,(H4,6,7,8,9,10,11,12). The molecular weight excluding hydrogens is 162 g/mol. The second kappa shape index (κ2) is 2.03. The van der Waals surface area contributed by atoms with Gasteiger partial charge in [-0.25, -0.2) is 4.79 Å². The lowest BCUT2D eigenvalue weighted by atomic mass is 10.2. The summed E-state index contributed by atoms with van der Waals surface area (Å²) in [7, 11) is 0. The number of hydrogen-bond acceptors (Lipinski definition) is 4. The highest BCUT2D eigenvalue weighted by atomic mass is 16.2. The first-order valence-electron chi connectivity index (χ1n) is 3.21. The lowest BCUT2D eigenvalue weighted by molar-refractivity contribution is -0.118. The third-order valence-electron chi connectivity index (χ3n) is 1.50. The average molecular weight is 167 g/mol. The molecule has 1 atom stereocenters. The van der Waals surface area contributed by atoms with Crippen molar-refractivity contribution < 1.29 is 9.59 Å². The predicted octanol–water partition coefficient (Wildman–Crippen LogP) is -2.08. The van der Waals surface area contributed by atoms with Gasteiger partial charge in [-0.2, -0.15) is 9.98 Å². The molecule has 2 heterocycles. The summed E-state index contributed by atoms with van der Waals surface area (Å²) in [6.45, 7) is 0. The maximum Gasteiger partial charge on any atom is 0.321 e. The van der Waals surface area contributed by atoms with E-state index in [4.69, 9.17) is 5.73 Å². The van der Waals surface area contributed by atoms with Gasteiger partial charge in [-0.1, -0.05) is 0 Å². The molecule has 2 rings (SSSR count). The molecule has 0 aromatic carbocycles. The minimum atomic E-state index is -0.773. The van der Waals surface area contributed by atoms with Crippen LogP contribution in [0.4, 0.5) is 4.79 Å². The van der Waals surface area contributed by atoms with Gasteiger partial charge in [0.05, 0.1) is 0 Å². The number of amides is 3. The number of nitrogens with zero attached hydrogens (tertiary/aromatic N) is 2. The van der Waals surface area contributed by atoms with E-state index in [0.29, 0.717) is 0 Å². The molecule has 1 saturated heterocycles. The number of nitrogens with two attached hydrogens (primary N) is 1. The number of fused-ring (bicyclic) bond motifs is 1. The Morgan fingerprint density at radius 1 is 1.33 bits per heavy atom. The van der Waals surface area contributed by atoms with Crippen molar-refractivity contribution in [2.75, 3.05) is 0 Å². The van der Waals surface area contributed by atoms with Crippen molar-refractivity contribution in [3.63, 3.8) is 0 Å². The van der Waals surface area contributed by atoms with E-state index < -0.39 is 18.0 Å². The summed E-state index contributed by atoms with van der Waals surface area (Å²) >= 11 is 0. The lowest BCUT2D eigenvalue weighted by Crippen LogP contribution is -2.41. The summed E-state index contributed by atoms with van der Waals surface area (Å²) in [6.07, 6.45) is 0. The minimum absolute atomic E-state index is 0.129. The van der Waals surface area contributed by atoms with Crippen molar-refractivity contribution in [3.05, 3.63) is 0 Å². The minimum Gasteiger partial charge on any atom is -0.368 e. The highest BCUT2D eigenvalue weighted by Crippen LogP contribution is 2.02. The monoisotopic (exact) mass is 167 g/mol. The molecule has 12 heavy (non-hydrogen) atoms. The number of carbonyl (C=O) groups is 2. The Bertz CT molecular complexity index is 331. The Morgan fingerprint density at radius 2 is 2.08 bits per heavy atom. The summed E-state index contributed by atoms with van der Waals surface area (Å²) in [6, 6.07) is -1.23. The third-order valence-corrected chi connectivity index (χ3v) is 1.50. The molecule has 2 aliphatic heterocycles. The van der Waals surface area contributed by atoms with E-state index in [1.165, 1.54) is 0 Å². The number of guanidine groups is 1. The second-order valence-corrected chi connectivity index (χ2v) is 2.34. The van der Waals surface area contributed by atoms with Gasteiger partial charge in [-0.15, -0.1) is 0 Å². The van der Waals surface area contributed by atoms with Gasteiger partial charge < -0.3 is 11.1 Å². The maximum absolute atomic E-state index is 11.0. The molecule has 0 aromatic rings. The van der Waals surface area contributed by atoms with Gasteiger partial charge in [0.1, 0.15) is 5.84 Å². The fourth-order valence-corrected chi connectivity index (χ4v) is 1.02. The summed E-state index contributed by atoms with van der Waals surface area (Å²) in [5.41, 5.74) is 5.19. The Morgan fingerprint density at radius 3 is 2.83 bits per heavy atom. The normalized spacial score (nSPS) is 26.8. The van der Waals surface area contributed by atoms with Crippen LogP contribution in [-0.2, 0) is 4.79 Å². The van der Waals surface area contributed by atoms with E-state index in [9.17, 15) is 9.59 Å². The number of amidine groups is 1. The van der Waals surface area contributed by atoms with Gasteiger partial charge in [0.15, 0.2) is 6.04 Å². The van der Waals surface area contributed by atoms with Crippen LogP contribution in [0.3, 0.4) is 0 Å². The quantitative estimate of drug-likeness (QED) is 0.385. The first-order valence-corrected chi connectivity index (χ1v) is 3.21. The zero-order valence-electron chi connectivity index (χ0n) is 5.87. The van der Waals surface area contributed by atoms with Gasteiger partial charge >= 0.3 is 6.03 Å². The molecule has 62 valence electrons. The van der Waals surface area contributed by atoms with Crippen LogP contribution in [0.25, 0.3) is 0 Å². The van der Waals surface area contributed by atoms with Gasteiger partial charge in [0.25, 0.3) is 5.91 Å². The molecule has 0 radical (unpaired) electrons. The third kappa shape index (κ3) is 0.831. The Kier molecular flexibility index (Phi) is 1.15. The highest BCUT2D eigenvalue weighted by molar-refractivity contribution is 6.24. The molecule has 4 N–H and O–H groups in total. The van der Waals surface area contributed by atoms with Crippen LogP contribution < -0.4 is 16.4 Å². The summed E-state index contributed by atoms with van der Waals surface area (Å²) in [4.78, 5) is 28.8. The average Bonchev–Trinajstić information content (AvgIpc) is 2.29. The largest absolute Gasteiger partial charge is 0.368 e. The number of rotatable bonds is 0. The van der Waals surface area contributed by atoms with Gasteiger partial charge in [-0.05, 0) is 0 Å². The molecule has 0 saturated carbocycles. The van der Waals surface area contributed by atoms with Gasteiger partial charge in [0, 0.05) is 0 Å². The van der Waals surface area contributed by atoms with Gasteiger partial charge in [0.2, 0.25) is 5.96 Å². The van der Waals surface area contributed by atoms with Crippen LogP contribution >= 0.6 is 0 Å².